The summed E-state index contributed by atoms with van der Waals surface area (Å²) in [4.78, 5) is 17.3. The Morgan fingerprint density at radius 2 is 1.70 bits per heavy atom. The molecule has 2 amide bonds. The average molecular weight is 451 g/mol. The van der Waals surface area contributed by atoms with E-state index in [1.54, 1.807) is 32.4 Å². The second kappa shape index (κ2) is 10.1. The lowest BCUT2D eigenvalue weighted by molar-refractivity contribution is 0.0342. The molecule has 0 saturated carbocycles. The molecule has 8 nitrogen and oxygen atoms in total. The van der Waals surface area contributed by atoms with Gasteiger partial charge in [-0.3, -0.25) is 9.80 Å². The van der Waals surface area contributed by atoms with Gasteiger partial charge < -0.3 is 14.2 Å². The molecule has 0 spiro atoms. The summed E-state index contributed by atoms with van der Waals surface area (Å²) in [7, 11) is 4.95. The van der Waals surface area contributed by atoms with Gasteiger partial charge in [-0.05, 0) is 48.4 Å². The minimum Gasteiger partial charge on any atom is -0.493 e. The van der Waals surface area contributed by atoms with Crippen LogP contribution in [0.3, 0.4) is 0 Å². The van der Waals surface area contributed by atoms with E-state index in [1.807, 2.05) is 37.3 Å². The molecule has 174 valence electrons. The molecule has 0 radical (unpaired) electrons. The number of morpholine rings is 1. The Hall–Kier alpha value is -3.36. The lowest BCUT2D eigenvalue weighted by Gasteiger charge is -2.27. The number of fused-ring (bicyclic) bond motifs is 1. The number of amides is 2. The van der Waals surface area contributed by atoms with Crippen LogP contribution >= 0.6 is 0 Å². The number of nitrogens with zero attached hydrogens (tertiary/aromatic N) is 4. The third kappa shape index (κ3) is 5.02. The Morgan fingerprint density at radius 3 is 2.33 bits per heavy atom. The standard InChI is InChI=1S/C25H30N4O4/c1-18-13-20-14-23(31-3)24(32-4)15-21(20)16-26-29(18)25(30)27(2)22-7-5-19(6-8-22)17-28-9-11-33-12-10-28/h5-8,13-16H,9-12,17H2,1-4H3. The van der Waals surface area contributed by atoms with Crippen molar-refractivity contribution in [1.29, 1.82) is 0 Å². The van der Waals surface area contributed by atoms with Crippen LogP contribution in [-0.2, 0) is 11.3 Å². The van der Waals surface area contributed by atoms with Crippen LogP contribution in [0.1, 0.15) is 23.6 Å². The summed E-state index contributed by atoms with van der Waals surface area (Å²) in [5.74, 6) is 1.24. The van der Waals surface area contributed by atoms with Crippen LogP contribution in [0.15, 0.2) is 47.2 Å². The van der Waals surface area contributed by atoms with Crippen LogP contribution in [0.25, 0.3) is 6.08 Å². The van der Waals surface area contributed by atoms with Crippen molar-refractivity contribution in [2.75, 3.05) is 52.5 Å². The molecule has 33 heavy (non-hydrogen) atoms. The fourth-order valence-electron chi connectivity index (χ4n) is 3.94. The number of allylic oxidation sites excluding steroid dienone is 1. The Morgan fingerprint density at radius 1 is 1.06 bits per heavy atom. The predicted octanol–water partition coefficient (Wildman–Crippen LogP) is 3.80. The number of hydrogen-bond donors (Lipinski definition) is 0. The van der Waals surface area contributed by atoms with Gasteiger partial charge in [-0.15, -0.1) is 0 Å². The first-order valence-corrected chi connectivity index (χ1v) is 11.0. The number of urea groups is 1. The zero-order valence-electron chi connectivity index (χ0n) is 19.6. The maximum absolute atomic E-state index is 13.3. The SMILES string of the molecule is COc1cc2c(cc1OC)C=C(C)N(C(=O)N(C)c1ccc(CN3CCOCC3)cc1)N=C2. The van der Waals surface area contributed by atoms with Crippen molar-refractivity contribution >= 4 is 24.0 Å². The Kier molecular flexibility index (Phi) is 6.96. The van der Waals surface area contributed by atoms with Crippen LogP contribution in [0.2, 0.25) is 0 Å². The molecule has 1 fully saturated rings. The number of benzene rings is 2. The largest absolute Gasteiger partial charge is 0.493 e. The molecule has 4 rings (SSSR count). The van der Waals surface area contributed by atoms with Gasteiger partial charge in [0.05, 0.1) is 33.6 Å². The molecule has 0 aliphatic carbocycles. The van der Waals surface area contributed by atoms with E-state index in [2.05, 4.69) is 22.1 Å². The highest BCUT2D eigenvalue weighted by Crippen LogP contribution is 2.32. The van der Waals surface area contributed by atoms with E-state index in [9.17, 15) is 4.79 Å². The number of carbonyl (C=O) groups excluding carboxylic acids is 1. The quantitative estimate of drug-likeness (QED) is 0.693. The maximum atomic E-state index is 13.3. The van der Waals surface area contributed by atoms with Crippen molar-refractivity contribution < 1.29 is 19.0 Å². The number of ether oxygens (including phenoxy) is 3. The third-order valence-electron chi connectivity index (χ3n) is 5.90. The summed E-state index contributed by atoms with van der Waals surface area (Å²) in [6.45, 7) is 6.19. The minimum absolute atomic E-state index is 0.243. The Balaban J connectivity index is 1.50. The van der Waals surface area contributed by atoms with Crippen LogP contribution in [0.4, 0.5) is 10.5 Å². The monoisotopic (exact) mass is 450 g/mol. The molecule has 2 aromatic rings. The maximum Gasteiger partial charge on any atom is 0.349 e. The van der Waals surface area contributed by atoms with E-state index in [-0.39, 0.29) is 6.03 Å². The summed E-state index contributed by atoms with van der Waals surface area (Å²) < 4.78 is 16.2. The number of hydrogen-bond acceptors (Lipinski definition) is 6. The topological polar surface area (TPSA) is 66.8 Å². The smallest absolute Gasteiger partial charge is 0.349 e. The van der Waals surface area contributed by atoms with Crippen molar-refractivity contribution in [2.45, 2.75) is 13.5 Å². The van der Waals surface area contributed by atoms with Gasteiger partial charge in [0.25, 0.3) is 0 Å². The number of hydrazone groups is 1. The summed E-state index contributed by atoms with van der Waals surface area (Å²) in [5, 5.41) is 5.86. The van der Waals surface area contributed by atoms with E-state index in [1.165, 1.54) is 10.6 Å². The molecule has 1 saturated heterocycles. The van der Waals surface area contributed by atoms with Gasteiger partial charge in [0.15, 0.2) is 11.5 Å². The second-order valence-electron chi connectivity index (χ2n) is 8.07. The van der Waals surface area contributed by atoms with E-state index < -0.39 is 0 Å². The molecule has 2 aliphatic heterocycles. The number of methoxy groups -OCH3 is 2. The second-order valence-corrected chi connectivity index (χ2v) is 8.07. The molecule has 0 unspecified atom stereocenters. The predicted molar refractivity (Wildman–Crippen MR) is 129 cm³/mol. The van der Waals surface area contributed by atoms with Gasteiger partial charge in [-0.2, -0.15) is 10.1 Å². The molecule has 0 aromatic heterocycles. The summed E-state index contributed by atoms with van der Waals surface area (Å²) in [6, 6.07) is 11.6. The number of anilines is 1. The van der Waals surface area contributed by atoms with E-state index >= 15 is 0 Å². The zero-order chi connectivity index (χ0) is 23.4. The van der Waals surface area contributed by atoms with Crippen molar-refractivity contribution in [3.05, 3.63) is 58.8 Å². The molecule has 2 heterocycles. The molecule has 0 N–H and O–H groups in total. The first-order valence-electron chi connectivity index (χ1n) is 11.0. The molecular formula is C25H30N4O4. The van der Waals surface area contributed by atoms with Crippen molar-refractivity contribution in [1.82, 2.24) is 9.91 Å². The fraction of sp³-hybridized carbons (Fsp3) is 0.360. The zero-order valence-corrected chi connectivity index (χ0v) is 19.6. The summed E-state index contributed by atoms with van der Waals surface area (Å²) in [5.41, 5.74) is 4.47. The highest BCUT2D eigenvalue weighted by atomic mass is 16.5. The lowest BCUT2D eigenvalue weighted by atomic mass is 10.1. The molecule has 2 aromatic carbocycles. The lowest BCUT2D eigenvalue weighted by Crippen LogP contribution is -2.37. The highest BCUT2D eigenvalue weighted by Gasteiger charge is 2.23. The fourth-order valence-corrected chi connectivity index (χ4v) is 3.94. The van der Waals surface area contributed by atoms with Crippen molar-refractivity contribution in [3.8, 4) is 11.5 Å². The van der Waals surface area contributed by atoms with Crippen LogP contribution in [-0.4, -0.2) is 69.7 Å². The van der Waals surface area contributed by atoms with Crippen molar-refractivity contribution in [2.24, 2.45) is 5.10 Å². The van der Waals surface area contributed by atoms with Crippen molar-refractivity contribution in [3.63, 3.8) is 0 Å². The number of carbonyl (C=O) groups is 1. The van der Waals surface area contributed by atoms with Gasteiger partial charge in [-0.1, -0.05) is 12.1 Å². The first kappa shape index (κ1) is 22.8. The Bertz CT molecular complexity index is 1060. The highest BCUT2D eigenvalue weighted by molar-refractivity contribution is 5.96. The Labute approximate surface area is 194 Å². The molecule has 2 aliphatic rings. The van der Waals surface area contributed by atoms with Gasteiger partial charge in [0, 0.05) is 43.6 Å². The third-order valence-corrected chi connectivity index (χ3v) is 5.90. The normalized spacial score (nSPS) is 16.0. The summed E-state index contributed by atoms with van der Waals surface area (Å²) in [6.07, 6.45) is 3.59. The van der Waals surface area contributed by atoms with E-state index in [4.69, 9.17) is 14.2 Å². The summed E-state index contributed by atoms with van der Waals surface area (Å²) >= 11 is 0. The van der Waals surface area contributed by atoms with Gasteiger partial charge in [-0.25, -0.2) is 4.79 Å². The van der Waals surface area contributed by atoms with Crippen LogP contribution in [0, 0.1) is 0 Å². The number of rotatable bonds is 5. The van der Waals surface area contributed by atoms with Crippen LogP contribution < -0.4 is 14.4 Å². The molecule has 8 heteroatoms. The van der Waals surface area contributed by atoms with Gasteiger partial charge in [0.2, 0.25) is 0 Å². The minimum atomic E-state index is -0.243. The van der Waals surface area contributed by atoms with E-state index in [0.717, 1.165) is 49.7 Å². The van der Waals surface area contributed by atoms with Gasteiger partial charge >= 0.3 is 6.03 Å². The van der Waals surface area contributed by atoms with Crippen LogP contribution in [0.5, 0.6) is 11.5 Å². The molecule has 0 bridgehead atoms. The average Bonchev–Trinajstić information content (AvgIpc) is 3.00. The molecule has 0 atom stereocenters. The first-order chi connectivity index (χ1) is 16.0. The van der Waals surface area contributed by atoms with Gasteiger partial charge in [0.1, 0.15) is 0 Å². The molecular weight excluding hydrogens is 420 g/mol. The van der Waals surface area contributed by atoms with E-state index in [0.29, 0.717) is 17.2 Å².